The van der Waals surface area contributed by atoms with Crippen LogP contribution in [-0.4, -0.2) is 62.3 Å². The molecule has 1 amide bonds. The lowest BCUT2D eigenvalue weighted by Crippen LogP contribution is -2.37. The summed E-state index contributed by atoms with van der Waals surface area (Å²) in [4.78, 5) is 20.0. The first-order valence-electron chi connectivity index (χ1n) is 9.10. The topological polar surface area (TPSA) is 98.1 Å². The van der Waals surface area contributed by atoms with Crippen LogP contribution in [0.1, 0.15) is 10.7 Å². The monoisotopic (exact) mass is 399 g/mol. The second kappa shape index (κ2) is 9.00. The number of carbonyl (C=O) groups excluding carboxylic acids is 1. The molecule has 0 unspecified atom stereocenters. The smallest absolute Gasteiger partial charge is 0.242 e. The average Bonchev–Trinajstić information content (AvgIpc) is 3.38. The molecule has 0 radical (unpaired) electrons. The highest BCUT2D eigenvalue weighted by Crippen LogP contribution is 2.24. The van der Waals surface area contributed by atoms with Gasteiger partial charge in [-0.25, -0.2) is 9.67 Å². The Morgan fingerprint density at radius 1 is 1.21 bits per heavy atom. The second-order valence-electron chi connectivity index (χ2n) is 6.42. The number of nitrogens with zero attached hydrogens (tertiary/aromatic N) is 6. The number of rotatable bonds is 7. The first kappa shape index (κ1) is 18.7. The van der Waals surface area contributed by atoms with Gasteiger partial charge in [0.25, 0.3) is 0 Å². The molecule has 1 N–H and O–H groups in total. The van der Waals surface area contributed by atoms with Crippen LogP contribution in [0.25, 0.3) is 10.6 Å². The van der Waals surface area contributed by atoms with Crippen LogP contribution >= 0.6 is 11.3 Å². The Morgan fingerprint density at radius 2 is 2.04 bits per heavy atom. The van der Waals surface area contributed by atoms with Crippen LogP contribution in [0, 0.1) is 0 Å². The van der Waals surface area contributed by atoms with Crippen molar-refractivity contribution in [2.24, 2.45) is 0 Å². The van der Waals surface area contributed by atoms with Gasteiger partial charge in [-0.15, -0.1) is 16.4 Å². The standard InChI is InChI=1S/C18H21N7O2S/c26-17(13-25-16(21-22-23-25)12-24-6-8-27-9-7-24)19-10-15-11-20-18(28-15)14-4-2-1-3-5-14/h1-5,11H,6-10,12-13H2,(H,19,26). The molecule has 0 bridgehead atoms. The van der Waals surface area contributed by atoms with Gasteiger partial charge in [0.2, 0.25) is 5.91 Å². The van der Waals surface area contributed by atoms with E-state index in [1.165, 1.54) is 0 Å². The Kier molecular flexibility index (Phi) is 6.00. The molecule has 1 saturated heterocycles. The van der Waals surface area contributed by atoms with Gasteiger partial charge in [0.05, 0.1) is 26.3 Å². The Labute approximate surface area is 166 Å². The van der Waals surface area contributed by atoms with E-state index >= 15 is 0 Å². The minimum Gasteiger partial charge on any atom is -0.379 e. The highest BCUT2D eigenvalue weighted by Gasteiger charge is 2.16. The molecule has 1 aliphatic rings. The highest BCUT2D eigenvalue weighted by molar-refractivity contribution is 7.15. The third kappa shape index (κ3) is 4.77. The summed E-state index contributed by atoms with van der Waals surface area (Å²) in [5.41, 5.74) is 1.08. The van der Waals surface area contributed by atoms with Crippen molar-refractivity contribution < 1.29 is 9.53 Å². The summed E-state index contributed by atoms with van der Waals surface area (Å²) in [6.07, 6.45) is 1.80. The van der Waals surface area contributed by atoms with Gasteiger partial charge in [-0.2, -0.15) is 0 Å². The van der Waals surface area contributed by atoms with Crippen LogP contribution in [0.3, 0.4) is 0 Å². The van der Waals surface area contributed by atoms with Gasteiger partial charge in [-0.1, -0.05) is 30.3 Å². The van der Waals surface area contributed by atoms with Gasteiger partial charge in [0.1, 0.15) is 11.6 Å². The predicted molar refractivity (Wildman–Crippen MR) is 103 cm³/mol. The highest BCUT2D eigenvalue weighted by atomic mass is 32.1. The van der Waals surface area contributed by atoms with E-state index < -0.39 is 0 Å². The Bertz CT molecular complexity index is 906. The molecular formula is C18H21N7O2S. The number of aromatic nitrogens is 5. The first-order valence-corrected chi connectivity index (χ1v) is 9.91. The maximum absolute atomic E-state index is 12.3. The van der Waals surface area contributed by atoms with E-state index in [0.29, 0.717) is 32.1 Å². The SMILES string of the molecule is O=C(Cn1nnnc1CN1CCOCC1)NCc1cnc(-c2ccccc2)s1. The molecule has 0 aliphatic carbocycles. The average molecular weight is 399 g/mol. The molecule has 9 nitrogen and oxygen atoms in total. The summed E-state index contributed by atoms with van der Waals surface area (Å²) < 4.78 is 6.90. The molecule has 0 spiro atoms. The van der Waals surface area contributed by atoms with Gasteiger partial charge >= 0.3 is 0 Å². The summed E-state index contributed by atoms with van der Waals surface area (Å²) in [5.74, 6) is 0.548. The largest absolute Gasteiger partial charge is 0.379 e. The number of hydrogen-bond donors (Lipinski definition) is 1. The van der Waals surface area contributed by atoms with Crippen molar-refractivity contribution in [1.82, 2.24) is 35.4 Å². The molecule has 1 aliphatic heterocycles. The van der Waals surface area contributed by atoms with Crippen molar-refractivity contribution in [2.45, 2.75) is 19.6 Å². The molecule has 3 aromatic rings. The third-order valence-corrected chi connectivity index (χ3v) is 5.45. The molecule has 3 heterocycles. The molecule has 1 aromatic carbocycles. The van der Waals surface area contributed by atoms with Crippen molar-refractivity contribution in [3.63, 3.8) is 0 Å². The molecule has 28 heavy (non-hydrogen) atoms. The fourth-order valence-corrected chi connectivity index (χ4v) is 3.76. The predicted octanol–water partition coefficient (Wildman–Crippen LogP) is 0.945. The summed E-state index contributed by atoms with van der Waals surface area (Å²) in [6, 6.07) is 9.99. The molecule has 10 heteroatoms. The lowest BCUT2D eigenvalue weighted by atomic mass is 10.2. The van der Waals surface area contributed by atoms with Crippen LogP contribution in [0.2, 0.25) is 0 Å². The van der Waals surface area contributed by atoms with Crippen LogP contribution in [0.4, 0.5) is 0 Å². The Hall–Kier alpha value is -2.69. The van der Waals surface area contributed by atoms with E-state index in [0.717, 1.165) is 28.5 Å². The number of benzene rings is 1. The number of hydrogen-bond acceptors (Lipinski definition) is 8. The maximum atomic E-state index is 12.3. The second-order valence-corrected chi connectivity index (χ2v) is 7.53. The summed E-state index contributed by atoms with van der Waals surface area (Å²) in [5, 5.41) is 15.6. The molecule has 2 aromatic heterocycles. The van der Waals surface area contributed by atoms with Crippen LogP contribution in [0.15, 0.2) is 36.5 Å². The van der Waals surface area contributed by atoms with Crippen molar-refractivity contribution in [2.75, 3.05) is 26.3 Å². The maximum Gasteiger partial charge on any atom is 0.242 e. The van der Waals surface area contributed by atoms with E-state index in [4.69, 9.17) is 4.74 Å². The van der Waals surface area contributed by atoms with Crippen molar-refractivity contribution in [3.05, 3.63) is 47.2 Å². The number of amides is 1. The molecule has 0 saturated carbocycles. The van der Waals surface area contributed by atoms with Gasteiger partial charge < -0.3 is 10.1 Å². The minimum atomic E-state index is -0.134. The summed E-state index contributed by atoms with van der Waals surface area (Å²) in [6.45, 7) is 4.24. The van der Waals surface area contributed by atoms with Crippen molar-refractivity contribution in [3.8, 4) is 10.6 Å². The fraction of sp³-hybridized carbons (Fsp3) is 0.389. The summed E-state index contributed by atoms with van der Waals surface area (Å²) in [7, 11) is 0. The summed E-state index contributed by atoms with van der Waals surface area (Å²) >= 11 is 1.57. The van der Waals surface area contributed by atoms with Crippen LogP contribution < -0.4 is 5.32 Å². The lowest BCUT2D eigenvalue weighted by molar-refractivity contribution is -0.122. The van der Waals surface area contributed by atoms with Crippen molar-refractivity contribution >= 4 is 17.2 Å². The van der Waals surface area contributed by atoms with E-state index in [1.807, 2.05) is 30.3 Å². The zero-order valence-electron chi connectivity index (χ0n) is 15.3. The normalized spacial score (nSPS) is 14.9. The zero-order chi connectivity index (χ0) is 19.2. The molecule has 4 rings (SSSR count). The van der Waals surface area contributed by atoms with E-state index in [2.05, 4.69) is 30.7 Å². The number of ether oxygens (including phenoxy) is 1. The minimum absolute atomic E-state index is 0.0943. The van der Waals surface area contributed by atoms with Crippen LogP contribution in [-0.2, 0) is 29.2 Å². The van der Waals surface area contributed by atoms with E-state index in [9.17, 15) is 4.79 Å². The molecule has 146 valence electrons. The number of thiazole rings is 1. The van der Waals surface area contributed by atoms with Gasteiger partial charge in [0, 0.05) is 29.7 Å². The van der Waals surface area contributed by atoms with E-state index in [1.54, 1.807) is 22.2 Å². The lowest BCUT2D eigenvalue weighted by Gasteiger charge is -2.25. The Balaban J connectivity index is 1.29. The van der Waals surface area contributed by atoms with Gasteiger partial charge in [0.15, 0.2) is 5.82 Å². The first-order chi connectivity index (χ1) is 13.8. The quantitative estimate of drug-likeness (QED) is 0.631. The van der Waals surface area contributed by atoms with E-state index in [-0.39, 0.29) is 12.5 Å². The number of carbonyl (C=O) groups is 1. The Morgan fingerprint density at radius 3 is 2.86 bits per heavy atom. The fourth-order valence-electron chi connectivity index (χ4n) is 2.90. The van der Waals surface area contributed by atoms with Gasteiger partial charge in [-0.3, -0.25) is 9.69 Å². The van der Waals surface area contributed by atoms with Crippen molar-refractivity contribution in [1.29, 1.82) is 0 Å². The number of nitrogens with one attached hydrogen (secondary N) is 1. The molecular weight excluding hydrogens is 378 g/mol. The van der Waals surface area contributed by atoms with Gasteiger partial charge in [-0.05, 0) is 10.4 Å². The zero-order valence-corrected chi connectivity index (χ0v) is 16.1. The van der Waals surface area contributed by atoms with Crippen LogP contribution in [0.5, 0.6) is 0 Å². The number of morpholine rings is 1. The third-order valence-electron chi connectivity index (χ3n) is 4.40. The molecule has 0 atom stereocenters. The molecule has 1 fully saturated rings. The number of tetrazole rings is 1.